The Kier molecular flexibility index (Phi) is 2.17. The summed E-state index contributed by atoms with van der Waals surface area (Å²) >= 11 is 0. The second kappa shape index (κ2) is 3.60. The van der Waals surface area contributed by atoms with Gasteiger partial charge in [-0.05, 0) is 17.9 Å². The molecule has 0 atom stereocenters. The number of aromatic hydroxyl groups is 1. The molecule has 0 saturated carbocycles. The van der Waals surface area contributed by atoms with E-state index in [4.69, 9.17) is 0 Å². The number of hydrogen-bond donors (Lipinski definition) is 2. The number of aliphatic hydroxyl groups is 1. The first-order chi connectivity index (χ1) is 8.65. The zero-order valence-electron chi connectivity index (χ0n) is 9.90. The Hall–Kier alpha value is -2.29. The zero-order valence-corrected chi connectivity index (χ0v) is 9.90. The molecule has 0 saturated heterocycles. The Morgan fingerprint density at radius 1 is 1.11 bits per heavy atom. The van der Waals surface area contributed by atoms with Gasteiger partial charge in [0.05, 0.1) is 5.56 Å². The highest BCUT2D eigenvalue weighted by Gasteiger charge is 2.28. The van der Waals surface area contributed by atoms with E-state index in [0.717, 1.165) is 5.39 Å². The second-order valence-electron chi connectivity index (χ2n) is 4.37. The van der Waals surface area contributed by atoms with Crippen molar-refractivity contribution < 1.29 is 15.0 Å². The number of ketones is 1. The number of benzene rings is 2. The summed E-state index contributed by atoms with van der Waals surface area (Å²) in [7, 11) is 0. The highest BCUT2D eigenvalue weighted by molar-refractivity contribution is 6.25. The van der Waals surface area contributed by atoms with Crippen LogP contribution in [0.15, 0.2) is 35.9 Å². The molecule has 0 amide bonds. The fraction of sp³-hybridized carbons (Fsp3) is 0.133. The van der Waals surface area contributed by atoms with Crippen LogP contribution in [0.2, 0.25) is 0 Å². The lowest BCUT2D eigenvalue weighted by Crippen LogP contribution is -2.12. The Labute approximate surface area is 104 Å². The monoisotopic (exact) mass is 240 g/mol. The van der Waals surface area contributed by atoms with Gasteiger partial charge in [0.1, 0.15) is 11.5 Å². The lowest BCUT2D eigenvalue weighted by Gasteiger charge is -2.19. The molecule has 90 valence electrons. The molecular weight excluding hydrogens is 228 g/mol. The van der Waals surface area contributed by atoms with E-state index in [0.29, 0.717) is 28.5 Å². The Bertz CT molecular complexity index is 711. The summed E-state index contributed by atoms with van der Waals surface area (Å²) in [5, 5.41) is 21.6. The van der Waals surface area contributed by atoms with Crippen LogP contribution in [0.4, 0.5) is 0 Å². The van der Waals surface area contributed by atoms with Crippen molar-refractivity contribution in [2.24, 2.45) is 0 Å². The van der Waals surface area contributed by atoms with Crippen molar-refractivity contribution in [3.05, 3.63) is 47.0 Å². The van der Waals surface area contributed by atoms with Crippen molar-refractivity contribution >= 4 is 22.3 Å². The first-order valence-corrected chi connectivity index (χ1v) is 5.87. The van der Waals surface area contributed by atoms with Gasteiger partial charge in [-0.3, -0.25) is 4.79 Å². The Balaban J connectivity index is 2.54. The summed E-state index contributed by atoms with van der Waals surface area (Å²) < 4.78 is 0. The van der Waals surface area contributed by atoms with Crippen molar-refractivity contribution in [1.82, 2.24) is 0 Å². The molecule has 2 aromatic rings. The molecule has 3 rings (SSSR count). The minimum absolute atomic E-state index is 0.0293. The summed E-state index contributed by atoms with van der Waals surface area (Å²) in [5.41, 5.74) is 1.28. The normalized spacial score (nSPS) is 14.4. The van der Waals surface area contributed by atoms with Crippen LogP contribution in [0.25, 0.3) is 16.5 Å². The molecule has 0 spiro atoms. The number of hydrogen-bond acceptors (Lipinski definition) is 3. The quantitative estimate of drug-likeness (QED) is 0.803. The third-order valence-electron chi connectivity index (χ3n) is 3.42. The van der Waals surface area contributed by atoms with Crippen LogP contribution in [-0.4, -0.2) is 16.0 Å². The van der Waals surface area contributed by atoms with Gasteiger partial charge in [0.15, 0.2) is 5.78 Å². The van der Waals surface area contributed by atoms with Crippen LogP contribution in [0, 0.1) is 0 Å². The maximum Gasteiger partial charge on any atom is 0.197 e. The standard InChI is InChI=1S/C15H12O3/c1-2-9-14(17)10-5-3-4-8-6-7-11(16)13(12(8)10)15(9)18/h3-7,16-17H,2H2,1H3. The molecule has 2 N–H and O–H groups in total. The third kappa shape index (κ3) is 1.21. The molecule has 0 fully saturated rings. The molecule has 2 aromatic carbocycles. The van der Waals surface area contributed by atoms with E-state index in [2.05, 4.69) is 0 Å². The van der Waals surface area contributed by atoms with E-state index in [1.807, 2.05) is 19.1 Å². The maximum absolute atomic E-state index is 12.3. The number of aliphatic hydroxyl groups excluding tert-OH is 1. The van der Waals surface area contributed by atoms with E-state index in [9.17, 15) is 15.0 Å². The molecule has 3 heteroatoms. The van der Waals surface area contributed by atoms with Gasteiger partial charge < -0.3 is 10.2 Å². The van der Waals surface area contributed by atoms with Gasteiger partial charge in [-0.15, -0.1) is 0 Å². The SMILES string of the molecule is CCC1=C(O)c2cccc3ccc(O)c(c23)C1=O. The van der Waals surface area contributed by atoms with Gasteiger partial charge in [0.2, 0.25) is 0 Å². The van der Waals surface area contributed by atoms with Crippen LogP contribution in [0.3, 0.4) is 0 Å². The number of phenols is 1. The fourth-order valence-corrected chi connectivity index (χ4v) is 2.54. The average Bonchev–Trinajstić information content (AvgIpc) is 2.37. The third-order valence-corrected chi connectivity index (χ3v) is 3.42. The predicted octanol–water partition coefficient (Wildman–Crippen LogP) is 3.42. The molecule has 0 radical (unpaired) electrons. The van der Waals surface area contributed by atoms with E-state index in [-0.39, 0.29) is 17.3 Å². The summed E-state index contributed by atoms with van der Waals surface area (Å²) in [6.45, 7) is 1.81. The number of phenolic OH excluding ortho intramolecular Hbond substituents is 1. The summed E-state index contributed by atoms with van der Waals surface area (Å²) in [5.74, 6) is -0.276. The van der Waals surface area contributed by atoms with E-state index >= 15 is 0 Å². The van der Waals surface area contributed by atoms with Crippen molar-refractivity contribution in [2.45, 2.75) is 13.3 Å². The minimum Gasteiger partial charge on any atom is -0.507 e. The lowest BCUT2D eigenvalue weighted by molar-refractivity contribution is 0.102. The molecule has 3 nitrogen and oxygen atoms in total. The lowest BCUT2D eigenvalue weighted by atomic mass is 9.85. The van der Waals surface area contributed by atoms with Crippen molar-refractivity contribution in [3.63, 3.8) is 0 Å². The molecule has 0 aromatic heterocycles. The van der Waals surface area contributed by atoms with Crippen LogP contribution >= 0.6 is 0 Å². The largest absolute Gasteiger partial charge is 0.507 e. The molecule has 0 unspecified atom stereocenters. The second-order valence-corrected chi connectivity index (χ2v) is 4.37. The molecule has 0 aliphatic heterocycles. The summed E-state index contributed by atoms with van der Waals surface area (Å²) in [6.07, 6.45) is 0.439. The number of carbonyl (C=O) groups is 1. The van der Waals surface area contributed by atoms with E-state index < -0.39 is 0 Å². The van der Waals surface area contributed by atoms with Gasteiger partial charge in [-0.1, -0.05) is 31.2 Å². The molecule has 1 aliphatic carbocycles. The molecule has 18 heavy (non-hydrogen) atoms. The highest BCUT2D eigenvalue weighted by atomic mass is 16.3. The fourth-order valence-electron chi connectivity index (χ4n) is 2.54. The predicted molar refractivity (Wildman–Crippen MR) is 69.8 cm³/mol. The van der Waals surface area contributed by atoms with Gasteiger partial charge in [-0.2, -0.15) is 0 Å². The van der Waals surface area contributed by atoms with Crippen LogP contribution in [-0.2, 0) is 0 Å². The van der Waals surface area contributed by atoms with Crippen LogP contribution in [0.1, 0.15) is 29.3 Å². The van der Waals surface area contributed by atoms with Crippen molar-refractivity contribution in [1.29, 1.82) is 0 Å². The van der Waals surface area contributed by atoms with E-state index in [1.54, 1.807) is 12.1 Å². The van der Waals surface area contributed by atoms with Crippen LogP contribution < -0.4 is 0 Å². The first-order valence-electron chi connectivity index (χ1n) is 5.87. The Morgan fingerprint density at radius 2 is 1.89 bits per heavy atom. The summed E-state index contributed by atoms with van der Waals surface area (Å²) in [6, 6.07) is 8.73. The number of carbonyl (C=O) groups excluding carboxylic acids is 1. The van der Waals surface area contributed by atoms with Gasteiger partial charge >= 0.3 is 0 Å². The van der Waals surface area contributed by atoms with E-state index in [1.165, 1.54) is 6.07 Å². The molecule has 0 bridgehead atoms. The average molecular weight is 240 g/mol. The minimum atomic E-state index is -0.281. The number of Topliss-reactive ketones (excluding diaryl/α,β-unsaturated/α-hetero) is 1. The summed E-state index contributed by atoms with van der Waals surface area (Å²) in [4.78, 5) is 12.3. The smallest absolute Gasteiger partial charge is 0.197 e. The number of allylic oxidation sites excluding steroid dienone is 1. The molecule has 1 aliphatic rings. The van der Waals surface area contributed by atoms with Crippen molar-refractivity contribution in [2.75, 3.05) is 0 Å². The van der Waals surface area contributed by atoms with Crippen LogP contribution in [0.5, 0.6) is 5.75 Å². The maximum atomic E-state index is 12.3. The van der Waals surface area contributed by atoms with Gasteiger partial charge in [-0.25, -0.2) is 0 Å². The first kappa shape index (κ1) is 10.8. The Morgan fingerprint density at radius 3 is 2.61 bits per heavy atom. The number of rotatable bonds is 1. The zero-order chi connectivity index (χ0) is 12.9. The van der Waals surface area contributed by atoms with Gasteiger partial charge in [0.25, 0.3) is 0 Å². The molecular formula is C15H12O3. The molecule has 0 heterocycles. The topological polar surface area (TPSA) is 57.5 Å². The van der Waals surface area contributed by atoms with Crippen molar-refractivity contribution in [3.8, 4) is 5.75 Å². The van der Waals surface area contributed by atoms with Gasteiger partial charge in [0, 0.05) is 16.5 Å². The highest BCUT2D eigenvalue weighted by Crippen LogP contribution is 2.39.